The number of benzene rings is 2. The first kappa shape index (κ1) is 27.2. The lowest BCUT2D eigenvalue weighted by molar-refractivity contribution is -0.387. The van der Waals surface area contributed by atoms with Crippen molar-refractivity contribution in [1.82, 2.24) is 14.2 Å². The molecule has 0 saturated carbocycles. The molecular weight excluding hydrogens is 504 g/mol. The zero-order valence-corrected chi connectivity index (χ0v) is 22.2. The van der Waals surface area contributed by atoms with E-state index in [1.165, 1.54) is 41.5 Å². The number of hydrogen-bond donors (Lipinski definition) is 1. The second-order valence-corrected chi connectivity index (χ2v) is 12.1. The highest BCUT2D eigenvalue weighted by Crippen LogP contribution is 2.34. The summed E-state index contributed by atoms with van der Waals surface area (Å²) < 4.78 is 27.7. The number of para-hydroxylation sites is 1. The van der Waals surface area contributed by atoms with Gasteiger partial charge in [0.05, 0.1) is 27.0 Å². The number of carboxylic acid groups (broad SMARTS) is 1. The molecule has 1 N–H and O–H groups in total. The Hall–Kier alpha value is -3.35. The van der Waals surface area contributed by atoms with Crippen LogP contribution in [0.3, 0.4) is 0 Å². The number of sulfonamides is 1. The van der Waals surface area contributed by atoms with E-state index in [1.807, 2.05) is 19.1 Å². The smallest absolute Gasteiger partial charge is 0.408 e. The fraction of sp³-hybridized carbons (Fsp3) is 0.333. The quantitative estimate of drug-likeness (QED) is 0.312. The zero-order valence-electron chi connectivity index (χ0n) is 20.6. The summed E-state index contributed by atoms with van der Waals surface area (Å²) in [7, 11) is -3.02. The molecule has 0 aliphatic rings. The summed E-state index contributed by atoms with van der Waals surface area (Å²) in [6.07, 6.45) is -1.22. The van der Waals surface area contributed by atoms with Gasteiger partial charge in [-0.1, -0.05) is 36.4 Å². The SMILES string of the molecule is Cc1ncsc1-c1ccc([C@H](CN(C)S(=O)(=O)c2ccccc2[N+](=O)[O-])N(C(=O)O)C(C)(C)C)cc1. The minimum absolute atomic E-state index is 0.253. The van der Waals surface area contributed by atoms with E-state index in [4.69, 9.17) is 0 Å². The minimum atomic E-state index is -4.31. The average molecular weight is 533 g/mol. The zero-order chi connectivity index (χ0) is 26.8. The molecule has 0 saturated heterocycles. The van der Waals surface area contributed by atoms with Crippen molar-refractivity contribution in [1.29, 1.82) is 0 Å². The van der Waals surface area contributed by atoms with Crippen LogP contribution < -0.4 is 0 Å². The van der Waals surface area contributed by atoms with E-state index < -0.39 is 43.2 Å². The highest BCUT2D eigenvalue weighted by Gasteiger charge is 2.38. The first-order valence-electron chi connectivity index (χ1n) is 11.0. The molecule has 3 rings (SSSR count). The Morgan fingerprint density at radius 2 is 1.78 bits per heavy atom. The molecule has 0 fully saturated rings. The van der Waals surface area contributed by atoms with Gasteiger partial charge in [0.1, 0.15) is 0 Å². The Morgan fingerprint density at radius 3 is 2.28 bits per heavy atom. The van der Waals surface area contributed by atoms with Gasteiger partial charge in [0.15, 0.2) is 4.90 Å². The Kier molecular flexibility index (Phi) is 7.82. The van der Waals surface area contributed by atoms with Crippen LogP contribution in [0.5, 0.6) is 0 Å². The summed E-state index contributed by atoms with van der Waals surface area (Å²) in [4.78, 5) is 29.1. The molecule has 10 nitrogen and oxygen atoms in total. The van der Waals surface area contributed by atoms with Gasteiger partial charge in [-0.2, -0.15) is 4.31 Å². The normalized spacial score (nSPS) is 12.9. The molecule has 1 aromatic heterocycles. The van der Waals surface area contributed by atoms with Crippen molar-refractivity contribution in [2.75, 3.05) is 13.6 Å². The van der Waals surface area contributed by atoms with Crippen molar-refractivity contribution in [3.8, 4) is 10.4 Å². The Morgan fingerprint density at radius 1 is 1.17 bits per heavy atom. The fourth-order valence-corrected chi connectivity index (χ4v) is 6.14. The molecule has 0 bridgehead atoms. The van der Waals surface area contributed by atoms with E-state index in [0.717, 1.165) is 26.5 Å². The van der Waals surface area contributed by atoms with Crippen molar-refractivity contribution in [2.24, 2.45) is 0 Å². The largest absolute Gasteiger partial charge is 0.465 e. The Balaban J connectivity index is 2.06. The summed E-state index contributed by atoms with van der Waals surface area (Å²) >= 11 is 1.49. The summed E-state index contributed by atoms with van der Waals surface area (Å²) in [5.41, 5.74) is 2.71. The van der Waals surface area contributed by atoms with Gasteiger partial charge in [-0.3, -0.25) is 15.0 Å². The second kappa shape index (κ2) is 10.3. The molecule has 1 amide bonds. The van der Waals surface area contributed by atoms with Crippen molar-refractivity contribution >= 4 is 33.1 Å². The van der Waals surface area contributed by atoms with Gasteiger partial charge in [-0.25, -0.2) is 18.2 Å². The minimum Gasteiger partial charge on any atom is -0.465 e. The molecule has 0 spiro atoms. The number of nitrogens with zero attached hydrogens (tertiary/aromatic N) is 4. The van der Waals surface area contributed by atoms with Crippen LogP contribution in [0, 0.1) is 17.0 Å². The molecule has 192 valence electrons. The lowest BCUT2D eigenvalue weighted by Crippen LogP contribution is -2.50. The highest BCUT2D eigenvalue weighted by molar-refractivity contribution is 7.89. The highest BCUT2D eigenvalue weighted by atomic mass is 32.2. The van der Waals surface area contributed by atoms with Crippen molar-refractivity contribution < 1.29 is 23.2 Å². The van der Waals surface area contributed by atoms with Crippen LogP contribution in [0.25, 0.3) is 10.4 Å². The number of nitro groups is 1. The first-order valence-corrected chi connectivity index (χ1v) is 13.3. The number of hydrogen-bond acceptors (Lipinski definition) is 7. The van der Waals surface area contributed by atoms with Crippen molar-refractivity contribution in [2.45, 2.75) is 44.2 Å². The number of aryl methyl sites for hydroxylation is 1. The van der Waals surface area contributed by atoms with E-state index in [9.17, 15) is 28.4 Å². The third-order valence-corrected chi connectivity index (χ3v) is 8.57. The number of carbonyl (C=O) groups is 1. The van der Waals surface area contributed by atoms with E-state index in [1.54, 1.807) is 38.4 Å². The summed E-state index contributed by atoms with van der Waals surface area (Å²) in [5, 5.41) is 21.5. The van der Waals surface area contributed by atoms with Gasteiger partial charge in [0.2, 0.25) is 10.0 Å². The second-order valence-electron chi connectivity index (χ2n) is 9.24. The summed E-state index contributed by atoms with van der Waals surface area (Å²) in [6, 6.07) is 11.4. The van der Waals surface area contributed by atoms with Crippen LogP contribution in [0.2, 0.25) is 0 Å². The molecule has 36 heavy (non-hydrogen) atoms. The lowest BCUT2D eigenvalue weighted by atomic mass is 9.97. The van der Waals surface area contributed by atoms with Crippen LogP contribution in [-0.4, -0.2) is 57.9 Å². The summed E-state index contributed by atoms with van der Waals surface area (Å²) in [6.45, 7) is 6.81. The standard InChI is InChI=1S/C24H28N4O6S2/c1-16-22(35-15-25-16)18-12-10-17(11-13-18)20(27(23(29)30)24(2,3)4)14-26(5)36(33,34)21-9-7-6-8-19(21)28(31)32/h6-13,15,20H,14H2,1-5H3,(H,29,30)/t20-/m0/s1. The number of aromatic nitrogens is 1. The molecule has 0 aliphatic heterocycles. The van der Waals surface area contributed by atoms with Crippen LogP contribution in [-0.2, 0) is 10.0 Å². The lowest BCUT2D eigenvalue weighted by Gasteiger charge is -2.41. The number of amides is 1. The Labute approximate surface area is 214 Å². The maximum Gasteiger partial charge on any atom is 0.408 e. The average Bonchev–Trinajstić information content (AvgIpc) is 3.23. The predicted octanol–water partition coefficient (Wildman–Crippen LogP) is 5.17. The van der Waals surface area contributed by atoms with Gasteiger partial charge in [0, 0.05) is 25.2 Å². The monoisotopic (exact) mass is 532 g/mol. The maximum absolute atomic E-state index is 13.4. The van der Waals surface area contributed by atoms with Gasteiger partial charge in [-0.05, 0) is 44.9 Å². The molecule has 1 atom stereocenters. The van der Waals surface area contributed by atoms with Gasteiger partial charge in [-0.15, -0.1) is 11.3 Å². The molecule has 0 unspecified atom stereocenters. The molecule has 12 heteroatoms. The van der Waals surface area contributed by atoms with Crippen LogP contribution in [0.4, 0.5) is 10.5 Å². The fourth-order valence-electron chi connectivity index (χ4n) is 4.00. The molecular formula is C24H28N4O6S2. The molecule has 1 heterocycles. The van der Waals surface area contributed by atoms with E-state index in [0.29, 0.717) is 5.56 Å². The predicted molar refractivity (Wildman–Crippen MR) is 138 cm³/mol. The van der Waals surface area contributed by atoms with Gasteiger partial charge >= 0.3 is 6.09 Å². The van der Waals surface area contributed by atoms with Gasteiger partial charge < -0.3 is 5.11 Å². The summed E-state index contributed by atoms with van der Waals surface area (Å²) in [5.74, 6) is 0. The van der Waals surface area contributed by atoms with E-state index in [2.05, 4.69) is 4.98 Å². The maximum atomic E-state index is 13.4. The molecule has 3 aromatic rings. The van der Waals surface area contributed by atoms with E-state index >= 15 is 0 Å². The van der Waals surface area contributed by atoms with Crippen molar-refractivity contribution in [3.63, 3.8) is 0 Å². The molecule has 0 radical (unpaired) electrons. The third kappa shape index (κ3) is 5.55. The van der Waals surface area contributed by atoms with Crippen LogP contribution >= 0.6 is 11.3 Å². The number of nitro benzene ring substituents is 1. The number of likely N-dealkylation sites (N-methyl/N-ethyl adjacent to an activating group) is 1. The Bertz CT molecular complexity index is 1360. The number of rotatable bonds is 8. The molecule has 0 aliphatic carbocycles. The first-order chi connectivity index (χ1) is 16.7. The van der Waals surface area contributed by atoms with Crippen LogP contribution in [0.15, 0.2) is 58.9 Å². The van der Waals surface area contributed by atoms with Crippen LogP contribution in [0.1, 0.15) is 38.1 Å². The van der Waals surface area contributed by atoms with E-state index in [-0.39, 0.29) is 6.54 Å². The van der Waals surface area contributed by atoms with Gasteiger partial charge in [0.25, 0.3) is 5.69 Å². The van der Waals surface area contributed by atoms with Crippen molar-refractivity contribution in [3.05, 3.63) is 75.4 Å². The third-order valence-electron chi connectivity index (χ3n) is 5.72. The molecule has 2 aromatic carbocycles. The topological polar surface area (TPSA) is 134 Å². The number of thiazole rings is 1.